The minimum Gasteiger partial charge on any atom is -0.436 e. The molecule has 5 nitrogen and oxygen atoms in total. The monoisotopic (exact) mass is 367 g/mol. The van der Waals surface area contributed by atoms with Gasteiger partial charge in [-0.05, 0) is 43.2 Å². The number of aromatic nitrogens is 3. The normalized spacial score (nSPS) is 15.9. The molecule has 0 atom stereocenters. The lowest BCUT2D eigenvalue weighted by molar-refractivity contribution is 0.0700. The highest BCUT2D eigenvalue weighted by Gasteiger charge is 2.22. The number of oxazole rings is 1. The largest absolute Gasteiger partial charge is 0.436 e. The minimum absolute atomic E-state index is 0.387. The second-order valence-corrected chi connectivity index (χ2v) is 6.83. The Labute approximate surface area is 155 Å². The third-order valence-corrected chi connectivity index (χ3v) is 5.22. The summed E-state index contributed by atoms with van der Waals surface area (Å²) in [6.07, 6.45) is 1.98. The van der Waals surface area contributed by atoms with Gasteiger partial charge in [0.2, 0.25) is 5.89 Å². The van der Waals surface area contributed by atoms with Crippen LogP contribution in [0.5, 0.6) is 0 Å². The first-order valence-corrected chi connectivity index (χ1v) is 9.37. The molecule has 5 rings (SSSR count). The van der Waals surface area contributed by atoms with Crippen molar-refractivity contribution in [3.05, 3.63) is 48.3 Å². The first-order chi connectivity index (χ1) is 12.8. The molecule has 1 saturated heterocycles. The van der Waals surface area contributed by atoms with Crippen LogP contribution < -0.4 is 0 Å². The lowest BCUT2D eigenvalue weighted by Gasteiger charge is -2.25. The number of imidazole rings is 1. The molecule has 0 amide bonds. The highest BCUT2D eigenvalue weighted by Crippen LogP contribution is 2.32. The maximum Gasteiger partial charge on any atom is 0.227 e. The van der Waals surface area contributed by atoms with Crippen LogP contribution in [0.15, 0.2) is 46.9 Å². The summed E-state index contributed by atoms with van der Waals surface area (Å²) < 4.78 is 13.7. The highest BCUT2D eigenvalue weighted by molar-refractivity contribution is 6.16. The Morgan fingerprint density at radius 3 is 2.69 bits per heavy atom. The van der Waals surface area contributed by atoms with E-state index in [-0.39, 0.29) is 0 Å². The fourth-order valence-corrected chi connectivity index (χ4v) is 3.91. The molecule has 0 saturated carbocycles. The average Bonchev–Trinajstić information content (AvgIpc) is 3.29. The fraction of sp³-hybridized carbons (Fsp3) is 0.300. The maximum absolute atomic E-state index is 6.19. The summed E-state index contributed by atoms with van der Waals surface area (Å²) in [7, 11) is 0. The van der Waals surface area contributed by atoms with Crippen LogP contribution in [-0.4, -0.2) is 27.7 Å². The molecule has 0 radical (unpaired) electrons. The van der Waals surface area contributed by atoms with Gasteiger partial charge in [0, 0.05) is 24.8 Å². The first-order valence-electron chi connectivity index (χ1n) is 8.84. The Hall–Kier alpha value is -2.37. The van der Waals surface area contributed by atoms with Gasteiger partial charge in [-0.25, -0.2) is 9.97 Å². The molecule has 2 aromatic heterocycles. The van der Waals surface area contributed by atoms with Crippen molar-refractivity contribution in [1.82, 2.24) is 14.5 Å². The summed E-state index contributed by atoms with van der Waals surface area (Å²) in [5.41, 5.74) is 4.60. The number of nitrogens with zero attached hydrogens (tertiary/aromatic N) is 3. The lowest BCUT2D eigenvalue weighted by Crippen LogP contribution is -2.20. The summed E-state index contributed by atoms with van der Waals surface area (Å²) >= 11 is 6.19. The third-order valence-electron chi connectivity index (χ3n) is 4.98. The number of fused-ring (bicyclic) bond motifs is 2. The number of rotatable bonds is 3. The van der Waals surface area contributed by atoms with Crippen LogP contribution in [0, 0.1) is 0 Å². The molecular formula is C20H18ClN3O2. The van der Waals surface area contributed by atoms with Gasteiger partial charge in [-0.15, -0.1) is 11.6 Å². The molecule has 132 valence electrons. The van der Waals surface area contributed by atoms with E-state index in [1.165, 1.54) is 0 Å². The molecule has 26 heavy (non-hydrogen) atoms. The van der Waals surface area contributed by atoms with Gasteiger partial charge in [0.05, 0.1) is 16.9 Å². The van der Waals surface area contributed by atoms with E-state index in [9.17, 15) is 0 Å². The van der Waals surface area contributed by atoms with Crippen molar-refractivity contribution >= 4 is 33.7 Å². The fourth-order valence-electron chi connectivity index (χ4n) is 3.72. The second kappa shape index (κ2) is 6.41. The Bertz CT molecular complexity index is 1050. The Balaban J connectivity index is 1.61. The number of ether oxygens (including phenoxy) is 1. The molecule has 6 heteroatoms. The highest BCUT2D eigenvalue weighted by atomic mass is 35.5. The van der Waals surface area contributed by atoms with Crippen molar-refractivity contribution in [3.63, 3.8) is 0 Å². The molecule has 4 aromatic rings. The Morgan fingerprint density at radius 1 is 1.04 bits per heavy atom. The van der Waals surface area contributed by atoms with Gasteiger partial charge < -0.3 is 13.7 Å². The zero-order valence-electron chi connectivity index (χ0n) is 14.2. The number of benzene rings is 2. The minimum atomic E-state index is 0.387. The van der Waals surface area contributed by atoms with Crippen LogP contribution in [0.25, 0.3) is 33.6 Å². The van der Waals surface area contributed by atoms with Crippen molar-refractivity contribution in [2.24, 2.45) is 0 Å². The zero-order chi connectivity index (χ0) is 17.5. The average molecular weight is 368 g/mol. The van der Waals surface area contributed by atoms with Crippen LogP contribution >= 0.6 is 11.6 Å². The summed E-state index contributed by atoms with van der Waals surface area (Å²) in [4.78, 5) is 9.35. The van der Waals surface area contributed by atoms with Gasteiger partial charge >= 0.3 is 0 Å². The van der Waals surface area contributed by atoms with Crippen molar-refractivity contribution in [3.8, 4) is 11.5 Å². The number of hydrogen-bond donors (Lipinski definition) is 0. The van der Waals surface area contributed by atoms with E-state index >= 15 is 0 Å². The molecule has 1 aliphatic heterocycles. The molecule has 0 aliphatic carbocycles. The third kappa shape index (κ3) is 2.59. The van der Waals surface area contributed by atoms with Crippen LogP contribution in [-0.2, 0) is 10.6 Å². The van der Waals surface area contributed by atoms with E-state index < -0.39 is 0 Å². The first kappa shape index (κ1) is 15.9. The number of para-hydroxylation sites is 2. The Kier molecular flexibility index (Phi) is 3.91. The van der Waals surface area contributed by atoms with Gasteiger partial charge in [0.25, 0.3) is 0 Å². The van der Waals surface area contributed by atoms with E-state index in [4.69, 9.17) is 25.7 Å². The Morgan fingerprint density at radius 2 is 1.88 bits per heavy atom. The SMILES string of the molecule is ClCc1nc2cc(-c3nc4ccccc4o3)ccc2n1C1CCOCC1. The maximum atomic E-state index is 6.19. The second-order valence-electron chi connectivity index (χ2n) is 6.57. The quantitative estimate of drug-likeness (QED) is 0.481. The van der Waals surface area contributed by atoms with E-state index in [2.05, 4.69) is 15.6 Å². The van der Waals surface area contributed by atoms with E-state index in [0.717, 1.165) is 59.6 Å². The topological polar surface area (TPSA) is 53.1 Å². The van der Waals surface area contributed by atoms with Crippen molar-refractivity contribution < 1.29 is 9.15 Å². The van der Waals surface area contributed by atoms with Crippen LogP contribution in [0.4, 0.5) is 0 Å². The van der Waals surface area contributed by atoms with Crippen LogP contribution in [0.2, 0.25) is 0 Å². The molecule has 1 fully saturated rings. The molecule has 0 spiro atoms. The summed E-state index contributed by atoms with van der Waals surface area (Å²) in [6, 6.07) is 14.3. The zero-order valence-corrected chi connectivity index (χ0v) is 14.9. The number of hydrogen-bond acceptors (Lipinski definition) is 4. The molecule has 0 bridgehead atoms. The van der Waals surface area contributed by atoms with E-state index in [1.54, 1.807) is 0 Å². The van der Waals surface area contributed by atoms with Crippen molar-refractivity contribution in [2.45, 2.75) is 24.8 Å². The van der Waals surface area contributed by atoms with Gasteiger partial charge in [-0.3, -0.25) is 0 Å². The summed E-state index contributed by atoms with van der Waals surface area (Å²) in [5.74, 6) is 1.91. The summed E-state index contributed by atoms with van der Waals surface area (Å²) in [5, 5.41) is 0. The predicted molar refractivity (Wildman–Crippen MR) is 101 cm³/mol. The number of alkyl halides is 1. The van der Waals surface area contributed by atoms with E-state index in [1.807, 2.05) is 36.4 Å². The molecule has 3 heterocycles. The molecule has 0 N–H and O–H groups in total. The van der Waals surface area contributed by atoms with Crippen molar-refractivity contribution in [1.29, 1.82) is 0 Å². The van der Waals surface area contributed by atoms with Crippen LogP contribution in [0.3, 0.4) is 0 Å². The van der Waals surface area contributed by atoms with Gasteiger partial charge in [-0.2, -0.15) is 0 Å². The van der Waals surface area contributed by atoms with E-state index in [0.29, 0.717) is 17.8 Å². The molecule has 1 aliphatic rings. The van der Waals surface area contributed by atoms with Gasteiger partial charge in [0.15, 0.2) is 5.58 Å². The van der Waals surface area contributed by atoms with Gasteiger partial charge in [-0.1, -0.05) is 12.1 Å². The molecule has 0 unspecified atom stereocenters. The van der Waals surface area contributed by atoms with Crippen LogP contribution in [0.1, 0.15) is 24.7 Å². The lowest BCUT2D eigenvalue weighted by atomic mass is 10.1. The molecular weight excluding hydrogens is 350 g/mol. The smallest absolute Gasteiger partial charge is 0.227 e. The van der Waals surface area contributed by atoms with Crippen molar-refractivity contribution in [2.75, 3.05) is 13.2 Å². The summed E-state index contributed by atoms with van der Waals surface area (Å²) in [6.45, 7) is 1.57. The molecule has 2 aromatic carbocycles. The predicted octanol–water partition coefficient (Wildman–Crippen LogP) is 4.93. The number of halogens is 1. The van der Waals surface area contributed by atoms with Gasteiger partial charge in [0.1, 0.15) is 11.3 Å². The standard InChI is InChI=1S/C20H18ClN3O2/c21-12-19-22-16-11-13(20-23-15-3-1-2-4-18(15)26-20)5-6-17(16)24(19)14-7-9-25-10-8-14/h1-6,11,14H,7-10,12H2.